The van der Waals surface area contributed by atoms with Crippen LogP contribution in [0.2, 0.25) is 0 Å². The Bertz CT molecular complexity index is 685. The summed E-state index contributed by atoms with van der Waals surface area (Å²) in [5.74, 6) is 0.140. The van der Waals surface area contributed by atoms with Crippen LogP contribution in [0, 0.1) is 34.6 Å². The SMILES string of the molecule is CSc1ccccc1C(=O)c1c(C)c(C)c(C)c(C)c1C. The van der Waals surface area contributed by atoms with Gasteiger partial charge >= 0.3 is 0 Å². The molecule has 2 aromatic rings. The van der Waals surface area contributed by atoms with Crippen molar-refractivity contribution in [3.63, 3.8) is 0 Å². The van der Waals surface area contributed by atoms with Crippen LogP contribution in [-0.4, -0.2) is 12.0 Å². The maximum Gasteiger partial charge on any atom is 0.194 e. The molecular formula is C19H22OS. The van der Waals surface area contributed by atoms with Crippen molar-refractivity contribution < 1.29 is 4.79 Å². The van der Waals surface area contributed by atoms with Crippen molar-refractivity contribution in [2.75, 3.05) is 6.26 Å². The van der Waals surface area contributed by atoms with E-state index in [4.69, 9.17) is 0 Å². The average molecular weight is 298 g/mol. The third-order valence-corrected chi connectivity index (χ3v) is 5.37. The molecule has 21 heavy (non-hydrogen) atoms. The molecular weight excluding hydrogens is 276 g/mol. The molecule has 0 unspecified atom stereocenters. The molecule has 2 aromatic carbocycles. The normalized spacial score (nSPS) is 10.8. The molecule has 0 spiro atoms. The Morgan fingerprint density at radius 1 is 0.810 bits per heavy atom. The van der Waals surface area contributed by atoms with Gasteiger partial charge < -0.3 is 0 Å². The van der Waals surface area contributed by atoms with E-state index in [0.29, 0.717) is 0 Å². The molecule has 0 bridgehead atoms. The minimum absolute atomic E-state index is 0.140. The number of ketones is 1. The van der Waals surface area contributed by atoms with Gasteiger partial charge in [-0.15, -0.1) is 11.8 Å². The van der Waals surface area contributed by atoms with E-state index in [0.717, 1.165) is 27.1 Å². The molecule has 0 saturated carbocycles. The van der Waals surface area contributed by atoms with E-state index in [-0.39, 0.29) is 5.78 Å². The Hall–Kier alpha value is -1.54. The second-order valence-corrected chi connectivity index (χ2v) is 6.38. The largest absolute Gasteiger partial charge is 0.289 e. The van der Waals surface area contributed by atoms with E-state index < -0.39 is 0 Å². The smallest absolute Gasteiger partial charge is 0.194 e. The van der Waals surface area contributed by atoms with Crippen molar-refractivity contribution >= 4 is 17.5 Å². The van der Waals surface area contributed by atoms with Crippen LogP contribution in [0.25, 0.3) is 0 Å². The van der Waals surface area contributed by atoms with Gasteiger partial charge in [-0.2, -0.15) is 0 Å². The summed E-state index contributed by atoms with van der Waals surface area (Å²) in [5, 5.41) is 0. The number of carbonyl (C=O) groups excluding carboxylic acids is 1. The maximum atomic E-state index is 13.1. The van der Waals surface area contributed by atoms with Crippen LogP contribution in [0.1, 0.15) is 43.7 Å². The summed E-state index contributed by atoms with van der Waals surface area (Å²) in [6, 6.07) is 7.85. The number of hydrogen-bond acceptors (Lipinski definition) is 2. The highest BCUT2D eigenvalue weighted by atomic mass is 32.2. The predicted octanol–water partition coefficient (Wildman–Crippen LogP) is 5.18. The van der Waals surface area contributed by atoms with Gasteiger partial charge in [-0.25, -0.2) is 0 Å². The fourth-order valence-corrected chi connectivity index (χ4v) is 3.40. The van der Waals surface area contributed by atoms with E-state index in [9.17, 15) is 4.79 Å². The van der Waals surface area contributed by atoms with Gasteiger partial charge in [-0.05, 0) is 80.8 Å². The first kappa shape index (κ1) is 15.8. The number of carbonyl (C=O) groups is 1. The summed E-state index contributed by atoms with van der Waals surface area (Å²) < 4.78 is 0. The molecule has 2 rings (SSSR count). The Balaban J connectivity index is 2.70. The van der Waals surface area contributed by atoms with Crippen LogP contribution >= 0.6 is 11.8 Å². The average Bonchev–Trinajstić information content (AvgIpc) is 2.51. The lowest BCUT2D eigenvalue weighted by Crippen LogP contribution is -2.11. The molecule has 0 aliphatic rings. The van der Waals surface area contributed by atoms with Crippen molar-refractivity contribution in [3.05, 3.63) is 63.2 Å². The lowest BCUT2D eigenvalue weighted by atomic mass is 9.86. The van der Waals surface area contributed by atoms with Crippen LogP contribution in [0.4, 0.5) is 0 Å². The van der Waals surface area contributed by atoms with E-state index in [1.54, 1.807) is 11.8 Å². The van der Waals surface area contributed by atoms with Gasteiger partial charge in [0.05, 0.1) is 0 Å². The molecule has 0 atom stereocenters. The van der Waals surface area contributed by atoms with Gasteiger partial charge in [0.25, 0.3) is 0 Å². The number of hydrogen-bond donors (Lipinski definition) is 0. The zero-order valence-corrected chi connectivity index (χ0v) is 14.4. The van der Waals surface area contributed by atoms with E-state index in [1.165, 1.54) is 16.7 Å². The first-order chi connectivity index (χ1) is 9.90. The van der Waals surface area contributed by atoms with Crippen LogP contribution in [0.5, 0.6) is 0 Å². The van der Waals surface area contributed by atoms with E-state index in [1.807, 2.05) is 30.5 Å². The molecule has 0 aliphatic heterocycles. The summed E-state index contributed by atoms with van der Waals surface area (Å²) in [6.45, 7) is 10.5. The highest BCUT2D eigenvalue weighted by molar-refractivity contribution is 7.98. The second-order valence-electron chi connectivity index (χ2n) is 5.53. The molecule has 2 heteroatoms. The summed E-state index contributed by atoms with van der Waals surface area (Å²) in [5.41, 5.74) is 7.63. The molecule has 0 fully saturated rings. The minimum Gasteiger partial charge on any atom is -0.289 e. The summed E-state index contributed by atoms with van der Waals surface area (Å²) in [4.78, 5) is 14.1. The van der Waals surface area contributed by atoms with Crippen LogP contribution in [0.3, 0.4) is 0 Å². The molecule has 0 N–H and O–H groups in total. The standard InChI is InChI=1S/C19H22OS/c1-11-12(2)14(4)18(15(5)13(11)3)19(20)16-9-7-8-10-17(16)21-6/h7-10H,1-6H3. The molecule has 0 amide bonds. The monoisotopic (exact) mass is 298 g/mol. The molecule has 0 heterocycles. The van der Waals surface area contributed by atoms with E-state index >= 15 is 0 Å². The number of benzene rings is 2. The molecule has 0 saturated heterocycles. The van der Waals surface area contributed by atoms with Crippen molar-refractivity contribution in [2.24, 2.45) is 0 Å². The molecule has 0 aromatic heterocycles. The van der Waals surface area contributed by atoms with Gasteiger partial charge in [-0.3, -0.25) is 4.79 Å². The topological polar surface area (TPSA) is 17.1 Å². The quantitative estimate of drug-likeness (QED) is 0.573. The highest BCUT2D eigenvalue weighted by Crippen LogP contribution is 2.30. The molecule has 0 radical (unpaired) electrons. The van der Waals surface area contributed by atoms with Crippen LogP contribution in [0.15, 0.2) is 29.2 Å². The third kappa shape index (κ3) is 2.65. The minimum atomic E-state index is 0.140. The van der Waals surface area contributed by atoms with Gasteiger partial charge in [0.15, 0.2) is 5.78 Å². The zero-order chi connectivity index (χ0) is 15.7. The van der Waals surface area contributed by atoms with Gasteiger partial charge in [0.2, 0.25) is 0 Å². The van der Waals surface area contributed by atoms with Crippen molar-refractivity contribution in [3.8, 4) is 0 Å². The summed E-state index contributed by atoms with van der Waals surface area (Å²) in [6.07, 6.45) is 2.01. The van der Waals surface area contributed by atoms with Crippen LogP contribution in [-0.2, 0) is 0 Å². The van der Waals surface area contributed by atoms with Crippen molar-refractivity contribution in [1.82, 2.24) is 0 Å². The highest BCUT2D eigenvalue weighted by Gasteiger charge is 2.21. The van der Waals surface area contributed by atoms with E-state index in [2.05, 4.69) is 34.6 Å². The van der Waals surface area contributed by atoms with Gasteiger partial charge in [0.1, 0.15) is 0 Å². The van der Waals surface area contributed by atoms with Crippen LogP contribution < -0.4 is 0 Å². The molecule has 1 nitrogen and oxygen atoms in total. The number of rotatable bonds is 3. The van der Waals surface area contributed by atoms with Gasteiger partial charge in [-0.1, -0.05) is 12.1 Å². The maximum absolute atomic E-state index is 13.1. The summed E-state index contributed by atoms with van der Waals surface area (Å²) in [7, 11) is 0. The third-order valence-electron chi connectivity index (χ3n) is 4.58. The lowest BCUT2D eigenvalue weighted by molar-refractivity contribution is 0.103. The first-order valence-corrected chi connectivity index (χ1v) is 8.37. The molecule has 0 aliphatic carbocycles. The Morgan fingerprint density at radius 3 is 1.81 bits per heavy atom. The Morgan fingerprint density at radius 2 is 1.29 bits per heavy atom. The fourth-order valence-electron chi connectivity index (χ4n) is 2.81. The lowest BCUT2D eigenvalue weighted by Gasteiger charge is -2.18. The molecule has 110 valence electrons. The summed E-state index contributed by atoms with van der Waals surface area (Å²) >= 11 is 1.62. The fraction of sp³-hybridized carbons (Fsp3) is 0.316. The zero-order valence-electron chi connectivity index (χ0n) is 13.6. The predicted molar refractivity (Wildman–Crippen MR) is 91.8 cm³/mol. The van der Waals surface area contributed by atoms with Gasteiger partial charge in [0, 0.05) is 16.0 Å². The Labute approximate surface area is 131 Å². The Kier molecular flexibility index (Phi) is 4.58. The number of thioether (sulfide) groups is 1. The van der Waals surface area contributed by atoms with Crippen molar-refractivity contribution in [1.29, 1.82) is 0 Å². The second kappa shape index (κ2) is 6.07. The van der Waals surface area contributed by atoms with Crippen molar-refractivity contribution in [2.45, 2.75) is 39.5 Å². The first-order valence-electron chi connectivity index (χ1n) is 7.14.